The van der Waals surface area contributed by atoms with Crippen molar-refractivity contribution in [3.05, 3.63) is 35.4 Å². The average molecular weight is 340 g/mol. The Morgan fingerprint density at radius 1 is 1.38 bits per heavy atom. The minimum Gasteiger partial charge on any atom is -0.390 e. The van der Waals surface area contributed by atoms with E-state index in [0.29, 0.717) is 12.1 Å². The minimum absolute atomic E-state index is 0.101. The minimum atomic E-state index is -4.37. The van der Waals surface area contributed by atoms with Gasteiger partial charge in [0.2, 0.25) is 5.91 Å². The second-order valence-corrected chi connectivity index (χ2v) is 5.74. The first-order valence-electron chi connectivity index (χ1n) is 7.53. The number of amides is 1. The van der Waals surface area contributed by atoms with Crippen molar-refractivity contribution >= 4 is 18.6 Å². The van der Waals surface area contributed by atoms with E-state index in [4.69, 9.17) is 5.73 Å². The van der Waals surface area contributed by atoms with E-state index in [2.05, 4.69) is 15.3 Å². The number of nitrogens with two attached hydrogens (primary N) is 1. The highest BCUT2D eigenvalue weighted by atomic mass is 19.4. The zero-order valence-electron chi connectivity index (χ0n) is 13.0. The molecule has 1 aromatic carbocycles. The third-order valence-electron chi connectivity index (χ3n) is 4.21. The van der Waals surface area contributed by atoms with Crippen LogP contribution in [0, 0.1) is 0 Å². The van der Waals surface area contributed by atoms with E-state index in [-0.39, 0.29) is 12.5 Å². The molecule has 0 unspecified atom stereocenters. The molecule has 1 aliphatic rings. The van der Waals surface area contributed by atoms with Crippen molar-refractivity contribution in [3.63, 3.8) is 0 Å². The lowest BCUT2D eigenvalue weighted by Crippen LogP contribution is -2.46. The van der Waals surface area contributed by atoms with Crippen LogP contribution in [-0.4, -0.2) is 31.7 Å². The SMILES string of the molecule is NC=NC=NCC(=O)NCC1(c2cccc(C(F)(F)F)c2)CCC1. The fourth-order valence-corrected chi connectivity index (χ4v) is 2.73. The summed E-state index contributed by atoms with van der Waals surface area (Å²) >= 11 is 0. The number of benzene rings is 1. The molecule has 0 radical (unpaired) electrons. The van der Waals surface area contributed by atoms with Crippen LogP contribution in [0.3, 0.4) is 0 Å². The summed E-state index contributed by atoms with van der Waals surface area (Å²) in [5.74, 6) is -0.309. The Balaban J connectivity index is 2.03. The molecule has 1 amide bonds. The van der Waals surface area contributed by atoms with E-state index in [1.54, 1.807) is 6.07 Å². The number of aliphatic imine (C=N–C) groups is 2. The van der Waals surface area contributed by atoms with Crippen LogP contribution < -0.4 is 11.1 Å². The molecular formula is C16H19F3N4O. The number of hydrogen-bond donors (Lipinski definition) is 2. The summed E-state index contributed by atoms with van der Waals surface area (Å²) in [6.45, 7) is 0.193. The molecule has 0 spiro atoms. The van der Waals surface area contributed by atoms with Crippen LogP contribution in [0.4, 0.5) is 13.2 Å². The van der Waals surface area contributed by atoms with Crippen LogP contribution in [0.15, 0.2) is 34.3 Å². The van der Waals surface area contributed by atoms with Gasteiger partial charge in [0.1, 0.15) is 12.9 Å². The molecule has 8 heteroatoms. The maximum Gasteiger partial charge on any atom is 0.416 e. The summed E-state index contributed by atoms with van der Waals surface area (Å²) in [6.07, 6.45) is 0.270. The lowest BCUT2D eigenvalue weighted by molar-refractivity contribution is -0.137. The molecule has 2 rings (SSSR count). The molecule has 0 saturated heterocycles. The highest BCUT2D eigenvalue weighted by Gasteiger charge is 2.40. The summed E-state index contributed by atoms with van der Waals surface area (Å²) < 4.78 is 38.7. The molecule has 5 nitrogen and oxygen atoms in total. The summed E-state index contributed by atoms with van der Waals surface area (Å²) in [5.41, 5.74) is 4.54. The number of nitrogens with one attached hydrogen (secondary N) is 1. The first-order chi connectivity index (χ1) is 11.4. The van der Waals surface area contributed by atoms with Crippen molar-refractivity contribution in [2.45, 2.75) is 30.9 Å². The van der Waals surface area contributed by atoms with Gasteiger partial charge in [-0.2, -0.15) is 13.2 Å². The van der Waals surface area contributed by atoms with Gasteiger partial charge in [0.05, 0.1) is 11.9 Å². The Kier molecular flexibility index (Phi) is 5.58. The quantitative estimate of drug-likeness (QED) is 0.615. The van der Waals surface area contributed by atoms with E-state index in [1.165, 1.54) is 18.5 Å². The van der Waals surface area contributed by atoms with Gasteiger partial charge in [-0.15, -0.1) is 0 Å². The van der Waals surface area contributed by atoms with Gasteiger partial charge in [0.15, 0.2) is 0 Å². The van der Waals surface area contributed by atoms with E-state index in [1.807, 2.05) is 0 Å². The molecule has 3 N–H and O–H groups in total. The average Bonchev–Trinajstić information content (AvgIpc) is 2.50. The zero-order chi connectivity index (χ0) is 17.6. The maximum absolute atomic E-state index is 12.9. The first kappa shape index (κ1) is 18.0. The summed E-state index contributed by atoms with van der Waals surface area (Å²) in [7, 11) is 0. The fourth-order valence-electron chi connectivity index (χ4n) is 2.73. The molecule has 0 aliphatic heterocycles. The van der Waals surface area contributed by atoms with Gasteiger partial charge in [-0.3, -0.25) is 9.79 Å². The van der Waals surface area contributed by atoms with Crippen molar-refractivity contribution in [1.29, 1.82) is 0 Å². The Bertz CT molecular complexity index is 636. The van der Waals surface area contributed by atoms with Gasteiger partial charge < -0.3 is 11.1 Å². The predicted molar refractivity (Wildman–Crippen MR) is 86.0 cm³/mol. The highest BCUT2D eigenvalue weighted by Crippen LogP contribution is 2.44. The highest BCUT2D eigenvalue weighted by molar-refractivity contribution is 5.80. The number of halogens is 3. The number of alkyl halides is 3. The van der Waals surface area contributed by atoms with E-state index in [0.717, 1.165) is 31.7 Å². The molecule has 1 fully saturated rings. The monoisotopic (exact) mass is 340 g/mol. The Morgan fingerprint density at radius 3 is 2.71 bits per heavy atom. The molecule has 0 atom stereocenters. The molecule has 1 saturated carbocycles. The first-order valence-corrected chi connectivity index (χ1v) is 7.53. The number of carbonyl (C=O) groups excluding carboxylic acids is 1. The second kappa shape index (κ2) is 7.46. The smallest absolute Gasteiger partial charge is 0.390 e. The summed E-state index contributed by atoms with van der Waals surface area (Å²) in [6, 6.07) is 5.34. The Hall–Kier alpha value is -2.38. The number of rotatable bonds is 6. The van der Waals surface area contributed by atoms with Gasteiger partial charge in [0.25, 0.3) is 0 Å². The maximum atomic E-state index is 12.9. The van der Waals surface area contributed by atoms with Crippen molar-refractivity contribution in [2.24, 2.45) is 15.7 Å². The largest absolute Gasteiger partial charge is 0.416 e. The van der Waals surface area contributed by atoms with Gasteiger partial charge >= 0.3 is 6.18 Å². The van der Waals surface area contributed by atoms with Gasteiger partial charge in [-0.25, -0.2) is 4.99 Å². The third-order valence-corrected chi connectivity index (χ3v) is 4.21. The van der Waals surface area contributed by atoms with Crippen LogP contribution in [0.2, 0.25) is 0 Å². The van der Waals surface area contributed by atoms with Crippen LogP contribution in [-0.2, 0) is 16.4 Å². The van der Waals surface area contributed by atoms with Crippen molar-refractivity contribution in [2.75, 3.05) is 13.1 Å². The topological polar surface area (TPSA) is 79.8 Å². The summed E-state index contributed by atoms with van der Waals surface area (Å²) in [5, 5.41) is 2.74. The third kappa shape index (κ3) is 4.33. The second-order valence-electron chi connectivity index (χ2n) is 5.74. The van der Waals surface area contributed by atoms with Gasteiger partial charge in [-0.05, 0) is 24.5 Å². The normalized spacial score (nSPS) is 17.1. The molecule has 24 heavy (non-hydrogen) atoms. The number of carbonyl (C=O) groups is 1. The standard InChI is InChI=1S/C16H19F3N4O/c17-16(18,19)13-4-1-3-12(7-13)15(5-2-6-15)9-23-14(24)8-21-11-22-10-20/h1,3-4,7,10-11H,2,5-6,8-9H2,(H,23,24)(H2,20,21,22). The van der Waals surface area contributed by atoms with E-state index >= 15 is 0 Å². The Morgan fingerprint density at radius 2 is 2.12 bits per heavy atom. The molecule has 0 heterocycles. The van der Waals surface area contributed by atoms with E-state index in [9.17, 15) is 18.0 Å². The molecule has 130 valence electrons. The lowest BCUT2D eigenvalue weighted by atomic mass is 9.64. The van der Waals surface area contributed by atoms with E-state index < -0.39 is 17.2 Å². The van der Waals surface area contributed by atoms with Crippen LogP contribution in [0.25, 0.3) is 0 Å². The molecule has 0 bridgehead atoms. The summed E-state index contributed by atoms with van der Waals surface area (Å²) in [4.78, 5) is 19.1. The van der Waals surface area contributed by atoms with Crippen LogP contribution in [0.5, 0.6) is 0 Å². The fraction of sp³-hybridized carbons (Fsp3) is 0.438. The lowest BCUT2D eigenvalue weighted by Gasteiger charge is -2.42. The van der Waals surface area contributed by atoms with Crippen LogP contribution >= 0.6 is 0 Å². The van der Waals surface area contributed by atoms with Crippen molar-refractivity contribution < 1.29 is 18.0 Å². The number of hydrogen-bond acceptors (Lipinski definition) is 2. The number of nitrogens with zero attached hydrogens (tertiary/aromatic N) is 2. The molecule has 1 aromatic rings. The van der Waals surface area contributed by atoms with Gasteiger partial charge in [-0.1, -0.05) is 24.6 Å². The predicted octanol–water partition coefficient (Wildman–Crippen LogP) is 2.26. The van der Waals surface area contributed by atoms with Crippen LogP contribution in [0.1, 0.15) is 30.4 Å². The van der Waals surface area contributed by atoms with Crippen molar-refractivity contribution in [1.82, 2.24) is 5.32 Å². The van der Waals surface area contributed by atoms with Gasteiger partial charge in [0, 0.05) is 12.0 Å². The molecular weight excluding hydrogens is 321 g/mol. The molecule has 0 aromatic heterocycles. The molecule has 1 aliphatic carbocycles. The zero-order valence-corrected chi connectivity index (χ0v) is 13.0. The Labute approximate surface area is 137 Å². The van der Waals surface area contributed by atoms with Crippen molar-refractivity contribution in [3.8, 4) is 0 Å².